The van der Waals surface area contributed by atoms with E-state index in [1.54, 1.807) is 18.2 Å². The van der Waals surface area contributed by atoms with Crippen LogP contribution in [0, 0.1) is 5.92 Å². The molecule has 2 aromatic carbocycles. The smallest absolute Gasteiger partial charge is 0.165 e. The molecule has 0 bridgehead atoms. The molecule has 1 unspecified atom stereocenters. The first-order valence-corrected chi connectivity index (χ1v) is 8.76. The van der Waals surface area contributed by atoms with Gasteiger partial charge in [0.25, 0.3) is 0 Å². The Kier molecular flexibility index (Phi) is 6.66. The molecule has 0 heterocycles. The lowest BCUT2D eigenvalue weighted by Gasteiger charge is -2.24. The largest absolute Gasteiger partial charge is 0.398 e. The van der Waals surface area contributed by atoms with Gasteiger partial charge in [0.2, 0.25) is 0 Å². The highest BCUT2D eigenvalue weighted by molar-refractivity contribution is 6.33. The molecular formula is C21H26BNO. The van der Waals surface area contributed by atoms with Crippen molar-refractivity contribution in [1.29, 1.82) is 0 Å². The number of nitrogens with two attached hydrogens (primary N) is 1. The minimum absolute atomic E-state index is 0.0667. The molecule has 24 heavy (non-hydrogen) atoms. The standard InChI is InChI=1S/C21H26BNO/c1-3-4-8-15(2)18(16-9-6-5-7-10-16)14-21(24)19-13-17(22)11-12-20(19)23/h5-7,9-13,15,18H,3-4,8,14,23H2,1-2H3/t15-,18?/m1/s1. The maximum Gasteiger partial charge on any atom is 0.165 e. The van der Waals surface area contributed by atoms with Gasteiger partial charge in [0.05, 0.1) is 0 Å². The number of nitrogen functional groups attached to an aromatic ring is 1. The van der Waals surface area contributed by atoms with Gasteiger partial charge in [-0.25, -0.2) is 0 Å². The predicted octanol–water partition coefficient (Wildman–Crippen LogP) is 4.25. The minimum Gasteiger partial charge on any atom is -0.398 e. The maximum atomic E-state index is 12.8. The summed E-state index contributed by atoms with van der Waals surface area (Å²) in [5, 5.41) is 0. The Labute approximate surface area is 146 Å². The van der Waals surface area contributed by atoms with Crippen molar-refractivity contribution < 1.29 is 4.79 Å². The van der Waals surface area contributed by atoms with Gasteiger partial charge in [0.15, 0.2) is 5.78 Å². The molecule has 2 nitrogen and oxygen atoms in total. The fraction of sp³-hybridized carbons (Fsp3) is 0.381. The molecule has 124 valence electrons. The molecule has 2 rings (SSSR count). The van der Waals surface area contributed by atoms with E-state index < -0.39 is 0 Å². The van der Waals surface area contributed by atoms with Crippen molar-refractivity contribution in [2.75, 3.05) is 5.73 Å². The number of ketones is 1. The second-order valence-corrected chi connectivity index (χ2v) is 6.61. The molecule has 3 heteroatoms. The average molecular weight is 319 g/mol. The fourth-order valence-electron chi connectivity index (χ4n) is 3.20. The zero-order chi connectivity index (χ0) is 17.5. The lowest BCUT2D eigenvalue weighted by molar-refractivity contribution is 0.0965. The van der Waals surface area contributed by atoms with Crippen molar-refractivity contribution in [1.82, 2.24) is 0 Å². The summed E-state index contributed by atoms with van der Waals surface area (Å²) in [5.41, 5.74) is 8.82. The third-order valence-corrected chi connectivity index (χ3v) is 4.71. The van der Waals surface area contributed by atoms with E-state index in [2.05, 4.69) is 26.0 Å². The predicted molar refractivity (Wildman–Crippen MR) is 103 cm³/mol. The van der Waals surface area contributed by atoms with Crippen molar-refractivity contribution in [3.63, 3.8) is 0 Å². The molecule has 0 saturated carbocycles. The molecule has 0 aliphatic rings. The quantitative estimate of drug-likeness (QED) is 0.449. The van der Waals surface area contributed by atoms with Crippen molar-refractivity contribution in [3.05, 3.63) is 59.7 Å². The van der Waals surface area contributed by atoms with Crippen LogP contribution in [0.5, 0.6) is 0 Å². The first-order valence-electron chi connectivity index (χ1n) is 8.76. The van der Waals surface area contributed by atoms with E-state index in [1.807, 2.05) is 18.2 Å². The Balaban J connectivity index is 2.24. The second-order valence-electron chi connectivity index (χ2n) is 6.61. The summed E-state index contributed by atoms with van der Waals surface area (Å²) in [7, 11) is 5.82. The van der Waals surface area contributed by atoms with Gasteiger partial charge in [-0.1, -0.05) is 81.0 Å². The third-order valence-electron chi connectivity index (χ3n) is 4.71. The van der Waals surface area contributed by atoms with Gasteiger partial charge >= 0.3 is 0 Å². The zero-order valence-corrected chi connectivity index (χ0v) is 14.7. The van der Waals surface area contributed by atoms with E-state index in [-0.39, 0.29) is 11.7 Å². The summed E-state index contributed by atoms with van der Waals surface area (Å²) in [6, 6.07) is 15.4. The van der Waals surface area contributed by atoms with E-state index in [4.69, 9.17) is 13.6 Å². The summed E-state index contributed by atoms with van der Waals surface area (Å²) < 4.78 is 0. The van der Waals surface area contributed by atoms with Gasteiger partial charge in [-0.15, -0.1) is 0 Å². The molecule has 2 atom stereocenters. The van der Waals surface area contributed by atoms with Crippen LogP contribution in [0.2, 0.25) is 0 Å². The molecule has 0 aliphatic carbocycles. The molecule has 0 aliphatic heterocycles. The van der Waals surface area contributed by atoms with Crippen molar-refractivity contribution in [3.8, 4) is 0 Å². The maximum absolute atomic E-state index is 12.8. The first-order chi connectivity index (χ1) is 11.5. The number of unbranched alkanes of at least 4 members (excludes halogenated alkanes) is 1. The number of carbonyl (C=O) groups is 1. The van der Waals surface area contributed by atoms with Crippen LogP contribution < -0.4 is 11.2 Å². The molecule has 2 aromatic rings. The Morgan fingerprint density at radius 2 is 1.88 bits per heavy atom. The summed E-state index contributed by atoms with van der Waals surface area (Å²) >= 11 is 0. The molecule has 2 radical (unpaired) electrons. The zero-order valence-electron chi connectivity index (χ0n) is 14.7. The van der Waals surface area contributed by atoms with Crippen LogP contribution in [-0.2, 0) is 0 Å². The van der Waals surface area contributed by atoms with E-state index in [9.17, 15) is 4.79 Å². The number of anilines is 1. The van der Waals surface area contributed by atoms with Crippen LogP contribution >= 0.6 is 0 Å². The highest BCUT2D eigenvalue weighted by atomic mass is 16.1. The molecule has 2 N–H and O–H groups in total. The van der Waals surface area contributed by atoms with Crippen molar-refractivity contribution in [2.24, 2.45) is 5.92 Å². The minimum atomic E-state index is 0.0667. The molecule has 0 fully saturated rings. The molecule has 0 amide bonds. The van der Waals surface area contributed by atoms with Crippen LogP contribution in [-0.4, -0.2) is 13.6 Å². The van der Waals surface area contributed by atoms with Gasteiger partial charge in [0, 0.05) is 17.7 Å². The Morgan fingerprint density at radius 3 is 2.54 bits per heavy atom. The Hall–Kier alpha value is -2.03. The van der Waals surface area contributed by atoms with Crippen molar-refractivity contribution in [2.45, 2.75) is 45.4 Å². The highest BCUT2D eigenvalue weighted by Crippen LogP contribution is 2.33. The van der Waals surface area contributed by atoms with Crippen LogP contribution in [0.25, 0.3) is 0 Å². The topological polar surface area (TPSA) is 43.1 Å². The molecular weight excluding hydrogens is 293 g/mol. The number of hydrogen-bond acceptors (Lipinski definition) is 2. The molecule has 0 saturated heterocycles. The summed E-state index contributed by atoms with van der Waals surface area (Å²) in [4.78, 5) is 12.8. The summed E-state index contributed by atoms with van der Waals surface area (Å²) in [6.45, 7) is 4.44. The normalized spacial score (nSPS) is 13.4. The number of rotatable bonds is 8. The van der Waals surface area contributed by atoms with Crippen molar-refractivity contribution >= 4 is 24.8 Å². The Bertz CT molecular complexity index is 669. The van der Waals surface area contributed by atoms with E-state index in [1.165, 1.54) is 18.4 Å². The van der Waals surface area contributed by atoms with Gasteiger partial charge < -0.3 is 5.73 Å². The van der Waals surface area contributed by atoms with E-state index >= 15 is 0 Å². The summed E-state index contributed by atoms with van der Waals surface area (Å²) in [6.07, 6.45) is 3.93. The van der Waals surface area contributed by atoms with E-state index in [0.29, 0.717) is 29.1 Å². The van der Waals surface area contributed by atoms with Crippen LogP contribution in [0.1, 0.15) is 61.4 Å². The van der Waals surface area contributed by atoms with Gasteiger partial charge in [-0.3, -0.25) is 4.79 Å². The van der Waals surface area contributed by atoms with Crippen LogP contribution in [0.3, 0.4) is 0 Å². The fourth-order valence-corrected chi connectivity index (χ4v) is 3.20. The first kappa shape index (κ1) is 18.3. The molecule has 0 aromatic heterocycles. The van der Waals surface area contributed by atoms with Gasteiger partial charge in [-0.05, 0) is 23.5 Å². The Morgan fingerprint density at radius 1 is 1.17 bits per heavy atom. The SMILES string of the molecule is [B]c1ccc(N)c(C(=O)CC(c2ccccc2)[C@H](C)CCCC)c1. The molecule has 0 spiro atoms. The number of carbonyl (C=O) groups excluding carboxylic acids is 1. The average Bonchev–Trinajstić information content (AvgIpc) is 2.60. The third kappa shape index (κ3) is 4.73. The van der Waals surface area contributed by atoms with Gasteiger partial charge in [0.1, 0.15) is 7.85 Å². The van der Waals surface area contributed by atoms with E-state index in [0.717, 1.165) is 6.42 Å². The number of Topliss-reactive ketones (excluding diaryl/α,β-unsaturated/α-hetero) is 1. The number of benzene rings is 2. The number of hydrogen-bond donors (Lipinski definition) is 1. The van der Waals surface area contributed by atoms with Crippen LogP contribution in [0.15, 0.2) is 48.5 Å². The lowest BCUT2D eigenvalue weighted by Crippen LogP contribution is -2.17. The van der Waals surface area contributed by atoms with Crippen LogP contribution in [0.4, 0.5) is 5.69 Å². The lowest BCUT2D eigenvalue weighted by atomic mass is 9.79. The van der Waals surface area contributed by atoms with Gasteiger partial charge in [-0.2, -0.15) is 0 Å². The highest BCUT2D eigenvalue weighted by Gasteiger charge is 2.23. The monoisotopic (exact) mass is 319 g/mol. The summed E-state index contributed by atoms with van der Waals surface area (Å²) in [5.74, 6) is 0.710. The second kappa shape index (κ2) is 8.72.